The number of halogens is 1. The Kier molecular flexibility index (Phi) is 4.63. The van der Waals surface area contributed by atoms with Crippen molar-refractivity contribution in [2.45, 2.75) is 28.7 Å². The van der Waals surface area contributed by atoms with Gasteiger partial charge < -0.3 is 5.11 Å². The molecule has 110 valence electrons. The average Bonchev–Trinajstić information content (AvgIpc) is 2.88. The number of aliphatic carboxylic acids is 1. The molecule has 1 atom stereocenters. The van der Waals surface area contributed by atoms with E-state index in [1.807, 2.05) is 6.26 Å². The molecule has 1 N–H and O–H groups in total. The van der Waals surface area contributed by atoms with Gasteiger partial charge in [0.15, 0.2) is 0 Å². The quantitative estimate of drug-likeness (QED) is 0.854. The third-order valence-corrected chi connectivity index (χ3v) is 6.34. The van der Waals surface area contributed by atoms with Crippen LogP contribution in [0.5, 0.6) is 0 Å². The van der Waals surface area contributed by atoms with Crippen LogP contribution >= 0.6 is 23.4 Å². The fraction of sp³-hybridized carbons (Fsp3) is 0.417. The number of carbonyl (C=O) groups is 1. The van der Waals surface area contributed by atoms with Gasteiger partial charge in [0, 0.05) is 11.4 Å². The zero-order valence-electron chi connectivity index (χ0n) is 10.7. The van der Waals surface area contributed by atoms with E-state index in [1.54, 1.807) is 6.07 Å². The maximum Gasteiger partial charge on any atom is 0.322 e. The van der Waals surface area contributed by atoms with E-state index in [9.17, 15) is 13.2 Å². The smallest absolute Gasteiger partial charge is 0.322 e. The summed E-state index contributed by atoms with van der Waals surface area (Å²) in [6, 6.07) is 3.48. The van der Waals surface area contributed by atoms with E-state index in [2.05, 4.69) is 0 Å². The summed E-state index contributed by atoms with van der Waals surface area (Å²) in [4.78, 5) is 11.9. The highest BCUT2D eigenvalue weighted by Gasteiger charge is 2.39. The first-order chi connectivity index (χ1) is 9.37. The monoisotopic (exact) mass is 335 g/mol. The number of carboxylic acid groups (broad SMARTS) is 1. The van der Waals surface area contributed by atoms with Gasteiger partial charge in [0.05, 0.1) is 9.92 Å². The van der Waals surface area contributed by atoms with E-state index >= 15 is 0 Å². The number of hydrogen-bond acceptors (Lipinski definition) is 4. The van der Waals surface area contributed by atoms with Crippen molar-refractivity contribution in [1.82, 2.24) is 4.31 Å². The summed E-state index contributed by atoms with van der Waals surface area (Å²) >= 11 is 7.44. The minimum atomic E-state index is -3.82. The lowest BCUT2D eigenvalue weighted by Crippen LogP contribution is -2.40. The summed E-state index contributed by atoms with van der Waals surface area (Å²) in [7, 11) is -3.82. The van der Waals surface area contributed by atoms with E-state index < -0.39 is 22.0 Å². The molecule has 0 spiro atoms. The zero-order chi connectivity index (χ0) is 14.9. The van der Waals surface area contributed by atoms with Crippen LogP contribution in [0.15, 0.2) is 28.0 Å². The van der Waals surface area contributed by atoms with Crippen molar-refractivity contribution in [3.8, 4) is 0 Å². The second-order valence-electron chi connectivity index (χ2n) is 4.41. The Balaban J connectivity index is 2.40. The number of sulfonamides is 1. The van der Waals surface area contributed by atoms with Gasteiger partial charge in [-0.1, -0.05) is 11.6 Å². The Morgan fingerprint density at radius 1 is 1.50 bits per heavy atom. The lowest BCUT2D eigenvalue weighted by molar-refractivity contribution is -0.140. The summed E-state index contributed by atoms with van der Waals surface area (Å²) in [5.41, 5.74) is 0. The molecule has 2 rings (SSSR count). The van der Waals surface area contributed by atoms with Gasteiger partial charge in [-0.15, -0.1) is 11.8 Å². The van der Waals surface area contributed by atoms with Crippen LogP contribution in [-0.4, -0.2) is 42.6 Å². The third kappa shape index (κ3) is 2.81. The van der Waals surface area contributed by atoms with Crippen LogP contribution in [0, 0.1) is 0 Å². The third-order valence-electron chi connectivity index (χ3n) is 3.22. The van der Waals surface area contributed by atoms with Crippen LogP contribution in [-0.2, 0) is 14.8 Å². The Hall–Kier alpha value is -0.760. The van der Waals surface area contributed by atoms with Crippen molar-refractivity contribution in [3.63, 3.8) is 0 Å². The molecule has 0 saturated carbocycles. The van der Waals surface area contributed by atoms with Crippen LogP contribution < -0.4 is 0 Å². The lowest BCUT2D eigenvalue weighted by Gasteiger charge is -2.21. The highest BCUT2D eigenvalue weighted by Crippen LogP contribution is 2.31. The maximum atomic E-state index is 12.5. The van der Waals surface area contributed by atoms with Gasteiger partial charge in [-0.05, 0) is 37.3 Å². The van der Waals surface area contributed by atoms with Crippen LogP contribution in [0.2, 0.25) is 5.02 Å². The van der Waals surface area contributed by atoms with Crippen molar-refractivity contribution < 1.29 is 18.3 Å². The van der Waals surface area contributed by atoms with Crippen molar-refractivity contribution in [2.75, 3.05) is 12.8 Å². The van der Waals surface area contributed by atoms with E-state index in [1.165, 1.54) is 23.9 Å². The molecule has 1 saturated heterocycles. The average molecular weight is 336 g/mol. The van der Waals surface area contributed by atoms with Gasteiger partial charge in [-0.2, -0.15) is 4.31 Å². The summed E-state index contributed by atoms with van der Waals surface area (Å²) in [6.07, 6.45) is 2.73. The molecule has 20 heavy (non-hydrogen) atoms. The number of thioether (sulfide) groups is 1. The fourth-order valence-electron chi connectivity index (χ4n) is 2.22. The van der Waals surface area contributed by atoms with Crippen molar-refractivity contribution >= 4 is 39.4 Å². The molecule has 0 radical (unpaired) electrons. The van der Waals surface area contributed by atoms with Gasteiger partial charge in [-0.3, -0.25) is 4.79 Å². The van der Waals surface area contributed by atoms with Gasteiger partial charge >= 0.3 is 5.97 Å². The molecule has 0 aliphatic carbocycles. The summed E-state index contributed by atoms with van der Waals surface area (Å²) in [6.45, 7) is 0.223. The molecule has 1 aromatic carbocycles. The van der Waals surface area contributed by atoms with Crippen molar-refractivity contribution in [2.24, 2.45) is 0 Å². The molecular weight excluding hydrogens is 322 g/mol. The molecule has 0 unspecified atom stereocenters. The Morgan fingerprint density at radius 3 is 2.75 bits per heavy atom. The Morgan fingerprint density at radius 2 is 2.20 bits per heavy atom. The number of benzene rings is 1. The van der Waals surface area contributed by atoms with Gasteiger partial charge in [0.2, 0.25) is 10.0 Å². The number of hydrogen-bond donors (Lipinski definition) is 1. The fourth-order valence-corrected chi connectivity index (χ4v) is 4.83. The normalized spacial score (nSPS) is 20.2. The van der Waals surface area contributed by atoms with Crippen LogP contribution in [0.4, 0.5) is 0 Å². The molecule has 0 amide bonds. The predicted octanol–water partition coefficient (Wildman–Crippen LogP) is 2.30. The summed E-state index contributed by atoms with van der Waals surface area (Å²) in [5, 5.41) is 9.45. The second kappa shape index (κ2) is 5.93. The topological polar surface area (TPSA) is 74.7 Å². The Bertz CT molecular complexity index is 632. The summed E-state index contributed by atoms with van der Waals surface area (Å²) < 4.78 is 26.0. The molecule has 5 nitrogen and oxygen atoms in total. The largest absolute Gasteiger partial charge is 0.480 e. The van der Waals surface area contributed by atoms with Crippen LogP contribution in [0.25, 0.3) is 0 Å². The van der Waals surface area contributed by atoms with Crippen LogP contribution in [0.3, 0.4) is 0 Å². The molecule has 1 fully saturated rings. The first-order valence-electron chi connectivity index (χ1n) is 5.96. The SMILES string of the molecule is CSc1ccc(S(=O)(=O)N2CCC[C@@H]2C(=O)O)cc1Cl. The lowest BCUT2D eigenvalue weighted by atomic mass is 10.2. The molecule has 8 heteroatoms. The molecular formula is C12H14ClNO4S2. The molecule has 1 aliphatic heterocycles. The zero-order valence-corrected chi connectivity index (χ0v) is 13.1. The maximum absolute atomic E-state index is 12.5. The van der Waals surface area contributed by atoms with Crippen molar-refractivity contribution in [1.29, 1.82) is 0 Å². The number of rotatable bonds is 4. The molecule has 1 heterocycles. The summed E-state index contributed by atoms with van der Waals surface area (Å²) in [5.74, 6) is -1.11. The minimum absolute atomic E-state index is 0.0356. The first-order valence-corrected chi connectivity index (χ1v) is 9.00. The first kappa shape index (κ1) is 15.6. The minimum Gasteiger partial charge on any atom is -0.480 e. The molecule has 1 aliphatic rings. The van der Waals surface area contributed by atoms with Gasteiger partial charge in [0.25, 0.3) is 0 Å². The van der Waals surface area contributed by atoms with Crippen molar-refractivity contribution in [3.05, 3.63) is 23.2 Å². The highest BCUT2D eigenvalue weighted by molar-refractivity contribution is 7.98. The molecule has 0 aromatic heterocycles. The molecule has 0 bridgehead atoms. The second-order valence-corrected chi connectivity index (χ2v) is 7.55. The van der Waals surface area contributed by atoms with Gasteiger partial charge in [-0.25, -0.2) is 8.42 Å². The van der Waals surface area contributed by atoms with E-state index in [4.69, 9.17) is 16.7 Å². The van der Waals surface area contributed by atoms with E-state index in [0.29, 0.717) is 17.9 Å². The highest BCUT2D eigenvalue weighted by atomic mass is 35.5. The standard InChI is InChI=1S/C12H14ClNO4S2/c1-19-11-5-4-8(7-9(11)13)20(17,18)14-6-2-3-10(14)12(15)16/h4-5,7,10H,2-3,6H2,1H3,(H,15,16)/t10-/m1/s1. The van der Waals surface area contributed by atoms with E-state index in [-0.39, 0.29) is 11.4 Å². The number of nitrogens with zero attached hydrogens (tertiary/aromatic N) is 1. The van der Waals surface area contributed by atoms with E-state index in [0.717, 1.165) is 9.20 Å². The Labute approximate surface area is 127 Å². The van der Waals surface area contributed by atoms with Crippen LogP contribution in [0.1, 0.15) is 12.8 Å². The van der Waals surface area contributed by atoms with Gasteiger partial charge in [0.1, 0.15) is 6.04 Å². The number of carboxylic acids is 1. The predicted molar refractivity (Wildman–Crippen MR) is 77.8 cm³/mol. The molecule has 1 aromatic rings.